The molecule has 0 saturated carbocycles. The van der Waals surface area contributed by atoms with E-state index in [1.54, 1.807) is 11.9 Å². The molecule has 1 unspecified atom stereocenters. The Morgan fingerprint density at radius 1 is 0.659 bits per heavy atom. The molecular weight excluding hydrogens is 564 g/mol. The molecule has 5 aromatic rings. The van der Waals surface area contributed by atoms with Crippen LogP contribution in [0.3, 0.4) is 0 Å². The normalized spacial score (nSPS) is 16.2. The van der Waals surface area contributed by atoms with Gasteiger partial charge in [-0.05, 0) is 73.3 Å². The summed E-state index contributed by atoms with van der Waals surface area (Å²) in [5.41, 5.74) is 5.57. The van der Waals surface area contributed by atoms with Crippen LogP contribution in [-0.4, -0.2) is 23.4 Å². The third-order valence-electron chi connectivity index (χ3n) is 8.43. The largest absolute Gasteiger partial charge is 0.456 e. The molecule has 0 bridgehead atoms. The van der Waals surface area contributed by atoms with Crippen LogP contribution in [0.4, 0.5) is 5.69 Å². The van der Waals surface area contributed by atoms with Gasteiger partial charge in [-0.2, -0.15) is 0 Å². The van der Waals surface area contributed by atoms with Gasteiger partial charge in [-0.1, -0.05) is 78.9 Å². The second kappa shape index (κ2) is 11.9. The molecule has 44 heavy (non-hydrogen) atoms. The van der Waals surface area contributed by atoms with Crippen molar-refractivity contribution < 1.29 is 14.3 Å². The molecule has 0 amide bonds. The number of benzene rings is 5. The highest BCUT2D eigenvalue weighted by Gasteiger charge is 2.53. The van der Waals surface area contributed by atoms with Crippen molar-refractivity contribution in [1.29, 1.82) is 0 Å². The fourth-order valence-corrected chi connectivity index (χ4v) is 7.35. The highest BCUT2D eigenvalue weighted by molar-refractivity contribution is 7.97. The monoisotopic (exact) mass is 598 g/mol. The number of ether oxygens (including phenoxy) is 2. The Hall–Kier alpha value is -4.52. The molecule has 5 nitrogen and oxygen atoms in total. The first-order valence-corrected chi connectivity index (χ1v) is 15.9. The summed E-state index contributed by atoms with van der Waals surface area (Å²) in [4.78, 5) is 16.7. The highest BCUT2D eigenvalue weighted by Crippen LogP contribution is 2.57. The second-order valence-corrected chi connectivity index (χ2v) is 12.3. The van der Waals surface area contributed by atoms with Gasteiger partial charge in [0.2, 0.25) is 0 Å². The van der Waals surface area contributed by atoms with E-state index in [4.69, 9.17) is 9.47 Å². The van der Waals surface area contributed by atoms with Gasteiger partial charge in [-0.15, -0.1) is 0 Å². The van der Waals surface area contributed by atoms with E-state index in [0.717, 1.165) is 53.5 Å². The van der Waals surface area contributed by atoms with E-state index in [0.29, 0.717) is 17.1 Å². The smallest absolute Gasteiger partial charge is 0.340 e. The minimum atomic E-state index is -1.10. The number of carbonyl (C=O) groups excluding carboxylic acids is 1. The van der Waals surface area contributed by atoms with Crippen LogP contribution < -0.4 is 9.64 Å². The van der Waals surface area contributed by atoms with Crippen LogP contribution in [0.15, 0.2) is 126 Å². The summed E-state index contributed by atoms with van der Waals surface area (Å²) in [6.45, 7) is 7.61. The van der Waals surface area contributed by atoms with Crippen LogP contribution in [0.25, 0.3) is 0 Å². The average Bonchev–Trinajstić information content (AvgIpc) is 3.35. The van der Waals surface area contributed by atoms with E-state index in [1.807, 2.05) is 42.5 Å². The first kappa shape index (κ1) is 28.3. The van der Waals surface area contributed by atoms with Crippen molar-refractivity contribution in [1.82, 2.24) is 4.31 Å². The molecule has 2 aliphatic rings. The third-order valence-corrected chi connectivity index (χ3v) is 9.41. The lowest BCUT2D eigenvalue weighted by atomic mass is 9.77. The number of hydrogen-bond acceptors (Lipinski definition) is 6. The van der Waals surface area contributed by atoms with Crippen molar-refractivity contribution in [3.63, 3.8) is 0 Å². The van der Waals surface area contributed by atoms with Crippen molar-refractivity contribution in [3.8, 4) is 11.5 Å². The molecule has 0 aliphatic carbocycles. The maximum Gasteiger partial charge on any atom is 0.340 e. The quantitative estimate of drug-likeness (QED) is 0.125. The Bertz CT molecular complexity index is 1760. The minimum absolute atomic E-state index is 0.319. The van der Waals surface area contributed by atoms with Gasteiger partial charge in [0.25, 0.3) is 0 Å². The van der Waals surface area contributed by atoms with Gasteiger partial charge in [0.1, 0.15) is 11.5 Å². The fraction of sp³-hybridized carbons (Fsp3) is 0.184. The lowest BCUT2D eigenvalue weighted by molar-refractivity contribution is 0.0223. The molecule has 0 saturated heterocycles. The molecule has 0 fully saturated rings. The fourth-order valence-electron chi connectivity index (χ4n) is 6.33. The van der Waals surface area contributed by atoms with Gasteiger partial charge in [-0.3, -0.25) is 0 Å². The molecule has 5 aromatic carbocycles. The maximum absolute atomic E-state index is 13.4. The van der Waals surface area contributed by atoms with Crippen molar-refractivity contribution in [3.05, 3.63) is 155 Å². The van der Waals surface area contributed by atoms with E-state index >= 15 is 0 Å². The van der Waals surface area contributed by atoms with Gasteiger partial charge < -0.3 is 14.4 Å². The molecule has 0 N–H and O–H groups in total. The van der Waals surface area contributed by atoms with Gasteiger partial charge in [0.05, 0.1) is 5.56 Å². The van der Waals surface area contributed by atoms with E-state index < -0.39 is 5.60 Å². The molecular formula is C38H34N2O3S. The van der Waals surface area contributed by atoms with E-state index in [1.165, 1.54) is 11.1 Å². The predicted octanol–water partition coefficient (Wildman–Crippen LogP) is 8.81. The molecule has 1 spiro atoms. The van der Waals surface area contributed by atoms with E-state index in [9.17, 15) is 4.79 Å². The molecule has 2 heterocycles. The molecule has 6 heteroatoms. The van der Waals surface area contributed by atoms with Crippen molar-refractivity contribution >= 4 is 23.6 Å². The summed E-state index contributed by atoms with van der Waals surface area (Å²) in [5, 5.41) is 0. The van der Waals surface area contributed by atoms with E-state index in [2.05, 4.69) is 102 Å². The summed E-state index contributed by atoms with van der Waals surface area (Å²) >= 11 is 1.70. The number of hydrogen-bond donors (Lipinski definition) is 0. The minimum Gasteiger partial charge on any atom is -0.456 e. The summed E-state index contributed by atoms with van der Waals surface area (Å²) < 4.78 is 15.4. The van der Waals surface area contributed by atoms with Gasteiger partial charge in [0, 0.05) is 59.5 Å². The molecule has 0 aromatic heterocycles. The Labute approximate surface area is 263 Å². The lowest BCUT2D eigenvalue weighted by Crippen LogP contribution is -2.33. The van der Waals surface area contributed by atoms with Crippen LogP contribution in [0.2, 0.25) is 0 Å². The van der Waals surface area contributed by atoms with Crippen LogP contribution in [0.5, 0.6) is 11.5 Å². The Morgan fingerprint density at radius 2 is 1.32 bits per heavy atom. The van der Waals surface area contributed by atoms with Crippen LogP contribution in [-0.2, 0) is 23.4 Å². The Kier molecular flexibility index (Phi) is 7.62. The van der Waals surface area contributed by atoms with Gasteiger partial charge in [0.15, 0.2) is 5.60 Å². The molecule has 2 aliphatic heterocycles. The SMILES string of the molecule is CCN(CC)c1ccc2c(c1)Oc1ccc(SN(Cc3ccccc3)Cc3ccccc3)cc1C21OC(=O)c2ccccc21. The Balaban J connectivity index is 1.32. The highest BCUT2D eigenvalue weighted by atomic mass is 32.2. The molecule has 1 atom stereocenters. The second-order valence-electron chi connectivity index (χ2n) is 11.1. The first-order valence-electron chi connectivity index (χ1n) is 15.1. The summed E-state index contributed by atoms with van der Waals surface area (Å²) in [5.74, 6) is 1.09. The zero-order valence-corrected chi connectivity index (χ0v) is 25.7. The van der Waals surface area contributed by atoms with E-state index in [-0.39, 0.29) is 5.97 Å². The average molecular weight is 599 g/mol. The number of fused-ring (bicyclic) bond motifs is 6. The number of carbonyl (C=O) groups is 1. The lowest BCUT2D eigenvalue weighted by Gasteiger charge is -2.37. The number of nitrogens with zero attached hydrogens (tertiary/aromatic N) is 2. The standard InChI is InChI=1S/C38H34N2O3S/c1-3-39(4-2)29-19-21-33-36(23-29)42-35-22-20-30(24-34(35)38(33)32-18-12-11-17-31(32)37(41)43-38)44-40(25-27-13-7-5-8-14-27)26-28-15-9-6-10-16-28/h5-24H,3-4,25-26H2,1-2H3. The number of anilines is 1. The summed E-state index contributed by atoms with van der Waals surface area (Å²) in [7, 11) is 0. The van der Waals surface area contributed by atoms with Crippen molar-refractivity contribution in [2.45, 2.75) is 37.4 Å². The summed E-state index contributed by atoms with van der Waals surface area (Å²) in [6.07, 6.45) is 0. The van der Waals surface area contributed by atoms with Gasteiger partial charge in [-0.25, -0.2) is 9.10 Å². The topological polar surface area (TPSA) is 42.0 Å². The maximum atomic E-state index is 13.4. The molecule has 0 radical (unpaired) electrons. The number of rotatable bonds is 9. The third kappa shape index (κ3) is 5.04. The van der Waals surface area contributed by atoms with Crippen LogP contribution in [0, 0.1) is 0 Å². The van der Waals surface area contributed by atoms with Crippen LogP contribution >= 0.6 is 11.9 Å². The molecule has 7 rings (SSSR count). The first-order chi connectivity index (χ1) is 21.6. The predicted molar refractivity (Wildman–Crippen MR) is 176 cm³/mol. The Morgan fingerprint density at radius 3 is 2.00 bits per heavy atom. The summed E-state index contributed by atoms with van der Waals surface area (Å²) in [6, 6.07) is 41.3. The molecule has 220 valence electrons. The van der Waals surface area contributed by atoms with Crippen LogP contribution in [0.1, 0.15) is 52.0 Å². The number of esters is 1. The zero-order valence-electron chi connectivity index (χ0n) is 24.9. The van der Waals surface area contributed by atoms with Crippen molar-refractivity contribution in [2.24, 2.45) is 0 Å². The van der Waals surface area contributed by atoms with Crippen molar-refractivity contribution in [2.75, 3.05) is 18.0 Å². The zero-order chi connectivity index (χ0) is 30.1. The van der Waals surface area contributed by atoms with Gasteiger partial charge >= 0.3 is 5.97 Å².